The number of anilines is 1. The number of para-hydroxylation sites is 1. The number of amides is 2. The van der Waals surface area contributed by atoms with Crippen molar-refractivity contribution in [2.75, 3.05) is 24.2 Å². The van der Waals surface area contributed by atoms with Gasteiger partial charge < -0.3 is 15.0 Å². The maximum absolute atomic E-state index is 13.5. The van der Waals surface area contributed by atoms with Crippen LogP contribution < -0.4 is 14.4 Å². The summed E-state index contributed by atoms with van der Waals surface area (Å²) >= 11 is 0. The Labute approximate surface area is 215 Å². The van der Waals surface area contributed by atoms with Gasteiger partial charge in [-0.15, -0.1) is 0 Å². The molecule has 0 spiro atoms. The highest BCUT2D eigenvalue weighted by Crippen LogP contribution is 2.21. The second kappa shape index (κ2) is 12.8. The van der Waals surface area contributed by atoms with Gasteiger partial charge in [-0.25, -0.2) is 8.42 Å². The predicted octanol–water partition coefficient (Wildman–Crippen LogP) is 3.96. The van der Waals surface area contributed by atoms with Crippen LogP contribution in [0.25, 0.3) is 0 Å². The number of carbonyl (C=O) groups excluding carboxylic acids is 2. The molecule has 0 aromatic heterocycles. The molecule has 0 saturated heterocycles. The average molecular weight is 518 g/mol. The van der Waals surface area contributed by atoms with E-state index >= 15 is 0 Å². The van der Waals surface area contributed by atoms with E-state index < -0.39 is 21.6 Å². The van der Waals surface area contributed by atoms with Crippen molar-refractivity contribution in [3.8, 4) is 5.75 Å². The number of rotatable bonds is 12. The minimum atomic E-state index is -3.52. The number of sulfonamides is 1. The number of hydrogen-bond acceptors (Lipinski definition) is 5. The molecule has 0 unspecified atom stereocenters. The van der Waals surface area contributed by atoms with Crippen LogP contribution in [-0.2, 0) is 26.2 Å². The number of hydrogen-bond donors (Lipinski definition) is 1. The quantitative estimate of drug-likeness (QED) is 0.460. The highest BCUT2D eigenvalue weighted by molar-refractivity contribution is 7.92. The van der Waals surface area contributed by atoms with E-state index in [-0.39, 0.29) is 31.3 Å². The van der Waals surface area contributed by atoms with E-state index in [9.17, 15) is 18.0 Å². The molecule has 0 fully saturated rings. The topological polar surface area (TPSA) is 96.0 Å². The number of carbonyl (C=O) groups is 2. The molecule has 0 heterocycles. The third-order valence-corrected chi connectivity index (χ3v) is 6.76. The first-order valence-electron chi connectivity index (χ1n) is 12.1. The highest BCUT2D eigenvalue weighted by Gasteiger charge is 2.30. The van der Waals surface area contributed by atoms with Gasteiger partial charge in [0.2, 0.25) is 21.8 Å². The molecule has 9 heteroatoms. The summed E-state index contributed by atoms with van der Waals surface area (Å²) < 4.78 is 31.4. The summed E-state index contributed by atoms with van der Waals surface area (Å²) in [5, 5.41) is 2.98. The molecule has 0 aliphatic heterocycles. The van der Waals surface area contributed by atoms with Crippen molar-refractivity contribution in [2.24, 2.45) is 0 Å². The molecule has 1 atom stereocenters. The van der Waals surface area contributed by atoms with Gasteiger partial charge in [-0.2, -0.15) is 0 Å². The van der Waals surface area contributed by atoms with Crippen LogP contribution in [0.4, 0.5) is 5.69 Å². The summed E-state index contributed by atoms with van der Waals surface area (Å²) in [7, 11) is -1.94. The Morgan fingerprint density at radius 1 is 1.06 bits per heavy atom. The Bertz CT molecular complexity index is 1110. The highest BCUT2D eigenvalue weighted by atomic mass is 32.2. The fourth-order valence-electron chi connectivity index (χ4n) is 3.94. The summed E-state index contributed by atoms with van der Waals surface area (Å²) in [4.78, 5) is 28.2. The minimum absolute atomic E-state index is 0.0993. The van der Waals surface area contributed by atoms with E-state index in [1.54, 1.807) is 36.3 Å². The zero-order chi connectivity index (χ0) is 26.9. The second-order valence-electron chi connectivity index (χ2n) is 9.81. The predicted molar refractivity (Wildman–Crippen MR) is 143 cm³/mol. The summed E-state index contributed by atoms with van der Waals surface area (Å²) in [5.74, 6) is 0.234. The van der Waals surface area contributed by atoms with E-state index in [0.29, 0.717) is 24.3 Å². The molecule has 2 rings (SSSR count). The van der Waals surface area contributed by atoms with Gasteiger partial charge >= 0.3 is 0 Å². The third kappa shape index (κ3) is 8.86. The van der Waals surface area contributed by atoms with Gasteiger partial charge in [0.05, 0.1) is 19.1 Å². The lowest BCUT2D eigenvalue weighted by atomic mass is 10.0. The maximum atomic E-state index is 13.5. The molecule has 8 nitrogen and oxygen atoms in total. The van der Waals surface area contributed by atoms with Gasteiger partial charge in [0.15, 0.2) is 0 Å². The lowest BCUT2D eigenvalue weighted by Gasteiger charge is -2.33. The van der Waals surface area contributed by atoms with Gasteiger partial charge in [0.1, 0.15) is 11.8 Å². The monoisotopic (exact) mass is 517 g/mol. The Kier molecular flexibility index (Phi) is 10.3. The fourth-order valence-corrected chi connectivity index (χ4v) is 4.90. The molecule has 2 amide bonds. The normalized spacial score (nSPS) is 12.5. The van der Waals surface area contributed by atoms with Gasteiger partial charge in [0.25, 0.3) is 0 Å². The van der Waals surface area contributed by atoms with E-state index in [2.05, 4.69) is 5.32 Å². The number of nitrogens with zero attached hydrogens (tertiary/aromatic N) is 2. The number of nitrogens with one attached hydrogen (secondary N) is 1. The van der Waals surface area contributed by atoms with Crippen molar-refractivity contribution in [1.82, 2.24) is 10.2 Å². The number of benzene rings is 2. The fraction of sp³-hybridized carbons (Fsp3) is 0.481. The van der Waals surface area contributed by atoms with Crippen molar-refractivity contribution >= 4 is 27.5 Å². The smallest absolute Gasteiger partial charge is 0.243 e. The lowest BCUT2D eigenvalue weighted by molar-refractivity contribution is -0.142. The largest absolute Gasteiger partial charge is 0.497 e. The minimum Gasteiger partial charge on any atom is -0.497 e. The van der Waals surface area contributed by atoms with Crippen molar-refractivity contribution in [3.05, 3.63) is 60.2 Å². The first kappa shape index (κ1) is 29.2. The lowest BCUT2D eigenvalue weighted by Crippen LogP contribution is -2.53. The maximum Gasteiger partial charge on any atom is 0.243 e. The van der Waals surface area contributed by atoms with Crippen molar-refractivity contribution < 1.29 is 22.7 Å². The number of methoxy groups -OCH3 is 1. The molecule has 36 heavy (non-hydrogen) atoms. The van der Waals surface area contributed by atoms with E-state index in [4.69, 9.17) is 4.74 Å². The van der Waals surface area contributed by atoms with Crippen LogP contribution in [0.2, 0.25) is 0 Å². The van der Waals surface area contributed by atoms with Crippen molar-refractivity contribution in [2.45, 2.75) is 65.1 Å². The molecule has 2 aromatic rings. The Hall–Kier alpha value is -3.07. The molecule has 0 saturated carbocycles. The van der Waals surface area contributed by atoms with E-state index in [1.807, 2.05) is 58.0 Å². The molecule has 2 aromatic carbocycles. The van der Waals surface area contributed by atoms with Crippen LogP contribution in [0.5, 0.6) is 5.75 Å². The van der Waals surface area contributed by atoms with E-state index in [1.165, 1.54) is 4.31 Å². The average Bonchev–Trinajstić information content (AvgIpc) is 2.80. The van der Waals surface area contributed by atoms with E-state index in [0.717, 1.165) is 11.8 Å². The molecule has 0 bridgehead atoms. The van der Waals surface area contributed by atoms with Gasteiger partial charge in [-0.3, -0.25) is 13.9 Å². The van der Waals surface area contributed by atoms with Crippen LogP contribution in [0, 0.1) is 0 Å². The van der Waals surface area contributed by atoms with Crippen LogP contribution in [-0.4, -0.2) is 56.6 Å². The number of ether oxygens (including phenoxy) is 1. The van der Waals surface area contributed by atoms with Gasteiger partial charge in [0, 0.05) is 25.0 Å². The van der Waals surface area contributed by atoms with Gasteiger partial charge in [-0.1, -0.05) is 37.3 Å². The zero-order valence-electron chi connectivity index (χ0n) is 22.2. The summed E-state index contributed by atoms with van der Waals surface area (Å²) in [6.45, 7) is 7.96. The summed E-state index contributed by atoms with van der Waals surface area (Å²) in [6.07, 6.45) is 2.01. The first-order valence-corrected chi connectivity index (χ1v) is 14.0. The Morgan fingerprint density at radius 3 is 2.28 bits per heavy atom. The Morgan fingerprint density at radius 2 is 1.72 bits per heavy atom. The molecule has 1 N–H and O–H groups in total. The van der Waals surface area contributed by atoms with Crippen LogP contribution in [0.15, 0.2) is 54.6 Å². The standard InChI is InChI=1S/C27H39N3O5S/c1-7-24(26(32)28-27(2,3)4)29(20-21-13-11-16-23(19-21)35-5)25(31)17-12-18-30(36(6,33)34)22-14-9-8-10-15-22/h8-11,13-16,19,24H,7,12,17-18,20H2,1-6H3,(H,28,32)/t24-/m0/s1. The molecule has 0 aliphatic carbocycles. The van der Waals surface area contributed by atoms with Gasteiger partial charge in [-0.05, 0) is 63.4 Å². The van der Waals surface area contributed by atoms with Crippen LogP contribution >= 0.6 is 0 Å². The first-order chi connectivity index (χ1) is 16.9. The molecule has 0 radical (unpaired) electrons. The second-order valence-corrected chi connectivity index (χ2v) is 11.7. The third-order valence-electron chi connectivity index (χ3n) is 5.57. The summed E-state index contributed by atoms with van der Waals surface area (Å²) in [5.41, 5.74) is 0.948. The van der Waals surface area contributed by atoms with Crippen LogP contribution in [0.1, 0.15) is 52.5 Å². The zero-order valence-corrected chi connectivity index (χ0v) is 23.0. The molecule has 198 valence electrons. The van der Waals surface area contributed by atoms with Crippen LogP contribution in [0.3, 0.4) is 0 Å². The van der Waals surface area contributed by atoms with Crippen molar-refractivity contribution in [1.29, 1.82) is 0 Å². The van der Waals surface area contributed by atoms with Crippen molar-refractivity contribution in [3.63, 3.8) is 0 Å². The Balaban J connectivity index is 2.25. The molecular weight excluding hydrogens is 478 g/mol. The summed E-state index contributed by atoms with van der Waals surface area (Å²) in [6, 6.07) is 15.5. The SMILES string of the molecule is CC[C@@H](C(=O)NC(C)(C)C)N(Cc1cccc(OC)c1)C(=O)CCCN(c1ccccc1)S(C)(=O)=O. The molecular formula is C27H39N3O5S. The molecule has 0 aliphatic rings.